The minimum atomic E-state index is -4.03. The first-order valence-corrected chi connectivity index (χ1v) is 11.7. The molecular formula is C23H27NO6S. The normalized spacial score (nSPS) is 19.5. The fraction of sp³-hybridized carbons (Fsp3) is 0.391. The van der Waals surface area contributed by atoms with Crippen molar-refractivity contribution in [2.45, 2.75) is 31.1 Å². The molecule has 8 heteroatoms. The van der Waals surface area contributed by atoms with E-state index in [1.165, 1.54) is 23.5 Å². The van der Waals surface area contributed by atoms with Gasteiger partial charge >= 0.3 is 11.9 Å². The summed E-state index contributed by atoms with van der Waals surface area (Å²) >= 11 is 0. The molecule has 1 aliphatic rings. The summed E-state index contributed by atoms with van der Waals surface area (Å²) in [5, 5.41) is 0. The maximum absolute atomic E-state index is 13.5. The predicted octanol–water partition coefficient (Wildman–Crippen LogP) is 3.05. The Balaban J connectivity index is 1.99. The Bertz CT molecular complexity index is 1040. The summed E-state index contributed by atoms with van der Waals surface area (Å²) in [5.74, 6) is -1.13. The maximum atomic E-state index is 13.5. The predicted molar refractivity (Wildman–Crippen MR) is 115 cm³/mol. The highest BCUT2D eigenvalue weighted by atomic mass is 32.2. The number of hydrogen-bond donors (Lipinski definition) is 0. The molecule has 166 valence electrons. The summed E-state index contributed by atoms with van der Waals surface area (Å²) in [6.07, 6.45) is 1.40. The molecule has 0 N–H and O–H groups in total. The lowest BCUT2D eigenvalue weighted by Gasteiger charge is -2.40. The van der Waals surface area contributed by atoms with Crippen LogP contribution in [0.15, 0.2) is 59.5 Å². The number of hydrogen-bond acceptors (Lipinski definition) is 6. The van der Waals surface area contributed by atoms with E-state index >= 15 is 0 Å². The summed E-state index contributed by atoms with van der Waals surface area (Å²) in [6, 6.07) is 15.5. The number of carbonyl (C=O) groups is 2. The average Bonchev–Trinajstić information content (AvgIpc) is 2.79. The molecule has 0 aliphatic carbocycles. The number of esters is 2. The number of nitrogens with zero attached hydrogens (tertiary/aromatic N) is 1. The zero-order valence-electron chi connectivity index (χ0n) is 17.7. The number of benzene rings is 2. The third-order valence-electron chi connectivity index (χ3n) is 5.55. The molecule has 1 atom stereocenters. The Labute approximate surface area is 183 Å². The van der Waals surface area contributed by atoms with E-state index in [0.717, 1.165) is 5.56 Å². The maximum Gasteiger partial charge on any atom is 0.339 e. The molecule has 2 aromatic carbocycles. The van der Waals surface area contributed by atoms with Gasteiger partial charge in [-0.3, -0.25) is 4.79 Å². The first-order chi connectivity index (χ1) is 14.8. The summed E-state index contributed by atoms with van der Waals surface area (Å²) < 4.78 is 38.4. The van der Waals surface area contributed by atoms with Crippen LogP contribution in [0.2, 0.25) is 0 Å². The van der Waals surface area contributed by atoms with Crippen molar-refractivity contribution in [2.75, 3.05) is 26.8 Å². The van der Waals surface area contributed by atoms with Gasteiger partial charge in [0.1, 0.15) is 0 Å². The second-order valence-corrected chi connectivity index (χ2v) is 9.50. The average molecular weight is 446 g/mol. The van der Waals surface area contributed by atoms with E-state index in [0.29, 0.717) is 19.3 Å². The van der Waals surface area contributed by atoms with Crippen LogP contribution in [0, 0.1) is 5.41 Å². The molecular weight excluding hydrogens is 418 g/mol. The van der Waals surface area contributed by atoms with Gasteiger partial charge in [-0.2, -0.15) is 4.31 Å². The van der Waals surface area contributed by atoms with Gasteiger partial charge < -0.3 is 9.47 Å². The molecule has 31 heavy (non-hydrogen) atoms. The van der Waals surface area contributed by atoms with Gasteiger partial charge in [0.15, 0.2) is 0 Å². The van der Waals surface area contributed by atoms with Crippen LogP contribution in [0.1, 0.15) is 35.7 Å². The third kappa shape index (κ3) is 4.80. The van der Waals surface area contributed by atoms with Gasteiger partial charge in [0.2, 0.25) is 10.0 Å². The number of rotatable bonds is 7. The molecule has 0 bridgehead atoms. The Kier molecular flexibility index (Phi) is 7.12. The van der Waals surface area contributed by atoms with E-state index in [4.69, 9.17) is 9.47 Å². The van der Waals surface area contributed by atoms with Crippen molar-refractivity contribution in [1.29, 1.82) is 0 Å². The van der Waals surface area contributed by atoms with Crippen molar-refractivity contribution in [1.82, 2.24) is 4.31 Å². The fourth-order valence-corrected chi connectivity index (χ4v) is 5.80. The molecule has 0 radical (unpaired) electrons. The molecule has 0 amide bonds. The van der Waals surface area contributed by atoms with Gasteiger partial charge in [-0.05, 0) is 43.9 Å². The summed E-state index contributed by atoms with van der Waals surface area (Å²) in [4.78, 5) is 25.1. The van der Waals surface area contributed by atoms with E-state index in [1.807, 2.05) is 30.3 Å². The van der Waals surface area contributed by atoms with Crippen molar-refractivity contribution < 1.29 is 27.5 Å². The van der Waals surface area contributed by atoms with Gasteiger partial charge in [-0.25, -0.2) is 13.2 Å². The monoisotopic (exact) mass is 445 g/mol. The zero-order valence-corrected chi connectivity index (χ0v) is 18.6. The van der Waals surface area contributed by atoms with Crippen LogP contribution in [0.5, 0.6) is 0 Å². The van der Waals surface area contributed by atoms with Crippen LogP contribution in [0.4, 0.5) is 0 Å². The summed E-state index contributed by atoms with van der Waals surface area (Å²) in [5.41, 5.74) is -0.0896. The Morgan fingerprint density at radius 3 is 2.42 bits per heavy atom. The largest absolute Gasteiger partial charge is 0.466 e. The molecule has 3 rings (SSSR count). The first-order valence-electron chi connectivity index (χ1n) is 10.2. The van der Waals surface area contributed by atoms with Crippen molar-refractivity contribution in [3.05, 3.63) is 65.7 Å². The van der Waals surface area contributed by atoms with Crippen LogP contribution in [-0.4, -0.2) is 51.5 Å². The minimum Gasteiger partial charge on any atom is -0.466 e. The molecule has 0 saturated carbocycles. The smallest absolute Gasteiger partial charge is 0.339 e. The minimum absolute atomic E-state index is 0.0153. The van der Waals surface area contributed by atoms with Crippen molar-refractivity contribution in [3.8, 4) is 0 Å². The Hall–Kier alpha value is -2.71. The van der Waals surface area contributed by atoms with E-state index in [1.54, 1.807) is 19.1 Å². The third-order valence-corrected chi connectivity index (χ3v) is 7.45. The topological polar surface area (TPSA) is 90.0 Å². The molecule has 0 aromatic heterocycles. The summed E-state index contributed by atoms with van der Waals surface area (Å²) in [6.45, 7) is 2.19. The van der Waals surface area contributed by atoms with Gasteiger partial charge in [0.05, 0.1) is 29.6 Å². The lowest BCUT2D eigenvalue weighted by atomic mass is 9.75. The van der Waals surface area contributed by atoms with Crippen LogP contribution < -0.4 is 0 Å². The molecule has 1 fully saturated rings. The second kappa shape index (κ2) is 9.62. The molecule has 0 spiro atoms. The Morgan fingerprint density at radius 2 is 1.74 bits per heavy atom. The lowest BCUT2D eigenvalue weighted by Crippen LogP contribution is -2.51. The molecule has 1 saturated heterocycles. The first kappa shape index (κ1) is 23.0. The van der Waals surface area contributed by atoms with Gasteiger partial charge in [0.25, 0.3) is 0 Å². The number of piperidine rings is 1. The highest BCUT2D eigenvalue weighted by Gasteiger charge is 2.47. The van der Waals surface area contributed by atoms with E-state index in [9.17, 15) is 18.0 Å². The standard InChI is InChI=1S/C23H27NO6S/c1-3-30-22(26)23(16-18-10-5-4-6-11-18)14-9-15-24(17-23)31(27,28)20-13-8-7-12-19(20)21(25)29-2/h4-8,10-13H,3,9,14-17H2,1-2H3. The molecule has 7 nitrogen and oxygen atoms in total. The Morgan fingerprint density at radius 1 is 1.06 bits per heavy atom. The van der Waals surface area contributed by atoms with Gasteiger partial charge in [0, 0.05) is 13.1 Å². The van der Waals surface area contributed by atoms with Crippen LogP contribution in [0.25, 0.3) is 0 Å². The van der Waals surface area contributed by atoms with Gasteiger partial charge in [-0.1, -0.05) is 42.5 Å². The van der Waals surface area contributed by atoms with Crippen LogP contribution in [-0.2, 0) is 30.7 Å². The number of sulfonamides is 1. The molecule has 1 unspecified atom stereocenters. The SMILES string of the molecule is CCOC(=O)C1(Cc2ccccc2)CCCN(S(=O)(=O)c2ccccc2C(=O)OC)C1. The second-order valence-electron chi connectivity index (χ2n) is 7.59. The zero-order chi connectivity index (χ0) is 22.5. The molecule has 1 aliphatic heterocycles. The summed E-state index contributed by atoms with van der Waals surface area (Å²) in [7, 11) is -2.83. The van der Waals surface area contributed by atoms with E-state index < -0.39 is 27.4 Å². The van der Waals surface area contributed by atoms with Crippen LogP contribution >= 0.6 is 0 Å². The molecule has 1 heterocycles. The number of methoxy groups -OCH3 is 1. The molecule has 2 aromatic rings. The van der Waals surface area contributed by atoms with E-state index in [2.05, 4.69) is 0 Å². The van der Waals surface area contributed by atoms with Crippen molar-refractivity contribution in [3.63, 3.8) is 0 Å². The van der Waals surface area contributed by atoms with Gasteiger partial charge in [-0.15, -0.1) is 0 Å². The van der Waals surface area contributed by atoms with Crippen molar-refractivity contribution >= 4 is 22.0 Å². The van der Waals surface area contributed by atoms with Crippen LogP contribution in [0.3, 0.4) is 0 Å². The number of carbonyl (C=O) groups excluding carboxylic acids is 2. The van der Waals surface area contributed by atoms with Crippen molar-refractivity contribution in [2.24, 2.45) is 5.41 Å². The highest BCUT2D eigenvalue weighted by molar-refractivity contribution is 7.89. The quantitative estimate of drug-likeness (QED) is 0.609. The van der Waals surface area contributed by atoms with E-state index in [-0.39, 0.29) is 30.2 Å². The lowest BCUT2D eigenvalue weighted by molar-refractivity contribution is -0.157. The highest BCUT2D eigenvalue weighted by Crippen LogP contribution is 2.38. The number of ether oxygens (including phenoxy) is 2. The fourth-order valence-electron chi connectivity index (χ4n) is 4.06.